The number of hydrogen-bond acceptors (Lipinski definition) is 6. The molecule has 0 radical (unpaired) electrons. The van der Waals surface area contributed by atoms with Crippen LogP contribution in [0, 0.1) is 13.8 Å². The Bertz CT molecular complexity index is 851. The maximum absolute atomic E-state index is 12.5. The van der Waals surface area contributed by atoms with E-state index in [2.05, 4.69) is 10.4 Å². The minimum Gasteiger partial charge on any atom is -0.459 e. The van der Waals surface area contributed by atoms with E-state index in [-0.39, 0.29) is 21.5 Å². The first-order chi connectivity index (χ1) is 11.6. The average molecular weight is 364 g/mol. The number of amides is 2. The standard InChI is InChI=1S/C16H20N4O4S/c1-7(2)24-16(23)11-8(3)12(13(17)21)25-15(11)19-14(22)10-6-18-20(5)9(10)4/h6-7H,1-5H3,(H2,17,21)(H,19,22). The van der Waals surface area contributed by atoms with Gasteiger partial charge < -0.3 is 15.8 Å². The molecule has 3 N–H and O–H groups in total. The van der Waals surface area contributed by atoms with Gasteiger partial charge in [0.1, 0.15) is 5.00 Å². The van der Waals surface area contributed by atoms with Crippen molar-refractivity contribution in [2.24, 2.45) is 12.8 Å². The van der Waals surface area contributed by atoms with Crippen LogP contribution in [0.1, 0.15) is 55.5 Å². The van der Waals surface area contributed by atoms with E-state index in [0.29, 0.717) is 16.8 Å². The number of ether oxygens (including phenoxy) is 1. The highest BCUT2D eigenvalue weighted by Gasteiger charge is 2.27. The topological polar surface area (TPSA) is 116 Å². The zero-order valence-corrected chi connectivity index (χ0v) is 15.5. The van der Waals surface area contributed by atoms with Crippen molar-refractivity contribution in [2.45, 2.75) is 33.8 Å². The van der Waals surface area contributed by atoms with E-state index in [9.17, 15) is 14.4 Å². The van der Waals surface area contributed by atoms with Crippen LogP contribution in [-0.2, 0) is 11.8 Å². The number of nitrogens with two attached hydrogens (primary N) is 1. The number of hydrogen-bond donors (Lipinski definition) is 2. The van der Waals surface area contributed by atoms with Crippen LogP contribution in [0.3, 0.4) is 0 Å². The van der Waals surface area contributed by atoms with Gasteiger partial charge >= 0.3 is 5.97 Å². The molecule has 25 heavy (non-hydrogen) atoms. The zero-order valence-electron chi connectivity index (χ0n) is 14.7. The van der Waals surface area contributed by atoms with Crippen LogP contribution in [0.4, 0.5) is 5.00 Å². The highest BCUT2D eigenvalue weighted by Crippen LogP contribution is 2.34. The Morgan fingerprint density at radius 3 is 2.44 bits per heavy atom. The van der Waals surface area contributed by atoms with E-state index >= 15 is 0 Å². The Hall–Kier alpha value is -2.68. The molecule has 134 valence electrons. The van der Waals surface area contributed by atoms with Crippen molar-refractivity contribution in [3.05, 3.63) is 33.5 Å². The molecule has 0 saturated carbocycles. The van der Waals surface area contributed by atoms with Gasteiger partial charge in [-0.05, 0) is 33.3 Å². The zero-order chi connectivity index (χ0) is 18.9. The quantitative estimate of drug-likeness (QED) is 0.787. The van der Waals surface area contributed by atoms with E-state index in [1.165, 1.54) is 6.20 Å². The summed E-state index contributed by atoms with van der Waals surface area (Å²) in [6.45, 7) is 6.78. The van der Waals surface area contributed by atoms with E-state index in [0.717, 1.165) is 11.3 Å². The number of carbonyl (C=O) groups is 3. The monoisotopic (exact) mass is 364 g/mol. The molecule has 0 aliphatic rings. The van der Waals surface area contributed by atoms with Gasteiger partial charge in [0.05, 0.1) is 28.3 Å². The molecular weight excluding hydrogens is 344 g/mol. The fourth-order valence-electron chi connectivity index (χ4n) is 2.25. The van der Waals surface area contributed by atoms with E-state index in [4.69, 9.17) is 10.5 Å². The summed E-state index contributed by atoms with van der Waals surface area (Å²) < 4.78 is 6.78. The van der Waals surface area contributed by atoms with Crippen LogP contribution in [0.2, 0.25) is 0 Å². The molecule has 0 atom stereocenters. The Labute approximate surface area is 149 Å². The summed E-state index contributed by atoms with van der Waals surface area (Å²) in [4.78, 5) is 36.7. The number of esters is 1. The lowest BCUT2D eigenvalue weighted by atomic mass is 10.1. The van der Waals surface area contributed by atoms with Gasteiger partial charge in [-0.3, -0.25) is 14.3 Å². The van der Waals surface area contributed by atoms with Gasteiger partial charge in [0, 0.05) is 12.7 Å². The molecule has 0 aromatic carbocycles. The second kappa shape index (κ2) is 7.06. The third-order valence-corrected chi connectivity index (χ3v) is 4.85. The smallest absolute Gasteiger partial charge is 0.341 e. The number of aryl methyl sites for hydroxylation is 1. The molecule has 0 unspecified atom stereocenters. The Morgan fingerprint density at radius 2 is 1.96 bits per heavy atom. The van der Waals surface area contributed by atoms with Crippen molar-refractivity contribution in [1.29, 1.82) is 0 Å². The molecule has 8 nitrogen and oxygen atoms in total. The molecule has 0 spiro atoms. The number of rotatable bonds is 5. The summed E-state index contributed by atoms with van der Waals surface area (Å²) in [6, 6.07) is 0. The predicted octanol–water partition coefficient (Wildman–Crippen LogP) is 2.01. The van der Waals surface area contributed by atoms with Gasteiger partial charge in [0.25, 0.3) is 11.8 Å². The normalized spacial score (nSPS) is 10.8. The van der Waals surface area contributed by atoms with Gasteiger partial charge in [-0.2, -0.15) is 5.10 Å². The third kappa shape index (κ3) is 3.71. The molecule has 2 aromatic heterocycles. The number of carbonyl (C=O) groups excluding carboxylic acids is 3. The maximum atomic E-state index is 12.5. The van der Waals surface area contributed by atoms with E-state index in [1.807, 2.05) is 0 Å². The average Bonchev–Trinajstić information content (AvgIpc) is 2.99. The van der Waals surface area contributed by atoms with Crippen LogP contribution in [0.25, 0.3) is 0 Å². The van der Waals surface area contributed by atoms with Crippen LogP contribution in [0.5, 0.6) is 0 Å². The largest absolute Gasteiger partial charge is 0.459 e. The Balaban J connectivity index is 2.43. The lowest BCUT2D eigenvalue weighted by Gasteiger charge is -2.10. The molecule has 9 heteroatoms. The first kappa shape index (κ1) is 18.7. The number of thiophene rings is 1. The summed E-state index contributed by atoms with van der Waals surface area (Å²) in [6.07, 6.45) is 1.10. The summed E-state index contributed by atoms with van der Waals surface area (Å²) in [7, 11) is 1.72. The Morgan fingerprint density at radius 1 is 1.32 bits per heavy atom. The highest BCUT2D eigenvalue weighted by molar-refractivity contribution is 7.18. The van der Waals surface area contributed by atoms with Crippen molar-refractivity contribution in [3.8, 4) is 0 Å². The number of nitrogens with zero attached hydrogens (tertiary/aromatic N) is 2. The lowest BCUT2D eigenvalue weighted by Crippen LogP contribution is -2.17. The predicted molar refractivity (Wildman–Crippen MR) is 94.0 cm³/mol. The fraction of sp³-hybridized carbons (Fsp3) is 0.375. The molecule has 0 saturated heterocycles. The van der Waals surface area contributed by atoms with Gasteiger partial charge in [0.15, 0.2) is 0 Å². The fourth-order valence-corrected chi connectivity index (χ4v) is 3.29. The number of anilines is 1. The van der Waals surface area contributed by atoms with Gasteiger partial charge in [-0.25, -0.2) is 4.79 Å². The van der Waals surface area contributed by atoms with E-state index in [1.54, 1.807) is 39.4 Å². The minimum atomic E-state index is -0.667. The molecule has 0 bridgehead atoms. The van der Waals surface area contributed by atoms with Gasteiger partial charge in [-0.1, -0.05) is 0 Å². The van der Waals surface area contributed by atoms with Gasteiger partial charge in [-0.15, -0.1) is 11.3 Å². The van der Waals surface area contributed by atoms with Crippen molar-refractivity contribution < 1.29 is 19.1 Å². The van der Waals surface area contributed by atoms with Crippen molar-refractivity contribution in [1.82, 2.24) is 9.78 Å². The molecule has 0 aliphatic heterocycles. The van der Waals surface area contributed by atoms with Gasteiger partial charge in [0.2, 0.25) is 0 Å². The molecule has 2 heterocycles. The molecule has 0 fully saturated rings. The van der Waals surface area contributed by atoms with Crippen LogP contribution < -0.4 is 11.1 Å². The highest BCUT2D eigenvalue weighted by atomic mass is 32.1. The van der Waals surface area contributed by atoms with Crippen LogP contribution >= 0.6 is 11.3 Å². The SMILES string of the molecule is Cc1c(C(N)=O)sc(NC(=O)c2cnn(C)c2C)c1C(=O)OC(C)C. The summed E-state index contributed by atoms with van der Waals surface area (Å²) in [5, 5.41) is 6.92. The Kier molecular flexibility index (Phi) is 5.27. The van der Waals surface area contributed by atoms with Crippen LogP contribution in [0.15, 0.2) is 6.20 Å². The molecule has 0 aliphatic carbocycles. The molecule has 2 aromatic rings. The van der Waals surface area contributed by atoms with Crippen molar-refractivity contribution >= 4 is 34.1 Å². The number of aromatic nitrogens is 2. The molecule has 2 amide bonds. The molecule has 2 rings (SSSR count). The maximum Gasteiger partial charge on any atom is 0.341 e. The first-order valence-electron chi connectivity index (χ1n) is 7.57. The summed E-state index contributed by atoms with van der Waals surface area (Å²) >= 11 is 0.951. The van der Waals surface area contributed by atoms with E-state index < -0.39 is 17.8 Å². The second-order valence-electron chi connectivity index (χ2n) is 5.80. The summed E-state index contributed by atoms with van der Waals surface area (Å²) in [5.74, 6) is -1.71. The van der Waals surface area contributed by atoms with Crippen LogP contribution in [-0.4, -0.2) is 33.7 Å². The van der Waals surface area contributed by atoms with Crippen molar-refractivity contribution in [3.63, 3.8) is 0 Å². The second-order valence-corrected chi connectivity index (χ2v) is 6.82. The lowest BCUT2D eigenvalue weighted by molar-refractivity contribution is 0.0379. The number of primary amides is 1. The van der Waals surface area contributed by atoms with Crippen molar-refractivity contribution in [2.75, 3.05) is 5.32 Å². The summed E-state index contributed by atoms with van der Waals surface area (Å²) in [5.41, 5.74) is 6.94. The number of nitrogens with one attached hydrogen (secondary N) is 1. The third-order valence-electron chi connectivity index (χ3n) is 3.62. The molecular formula is C16H20N4O4S. The first-order valence-corrected chi connectivity index (χ1v) is 8.39. The minimum absolute atomic E-state index is 0.141.